The zero-order valence-corrected chi connectivity index (χ0v) is 12.9. The first-order valence-electron chi connectivity index (χ1n) is 7.88. The SMILES string of the molecule is Clc1ccc2c(c1)CC(NC1CCc3ccccc3C1)C2. The van der Waals surface area contributed by atoms with Gasteiger partial charge in [0.25, 0.3) is 0 Å². The van der Waals surface area contributed by atoms with Gasteiger partial charge in [-0.3, -0.25) is 0 Å². The second-order valence-electron chi connectivity index (χ2n) is 6.39. The lowest BCUT2D eigenvalue weighted by Gasteiger charge is -2.28. The van der Waals surface area contributed by atoms with Gasteiger partial charge in [-0.05, 0) is 66.5 Å². The summed E-state index contributed by atoms with van der Waals surface area (Å²) < 4.78 is 0. The third kappa shape index (κ3) is 2.73. The third-order valence-electron chi connectivity index (χ3n) is 4.92. The van der Waals surface area contributed by atoms with Gasteiger partial charge in [0.2, 0.25) is 0 Å². The second kappa shape index (κ2) is 5.47. The summed E-state index contributed by atoms with van der Waals surface area (Å²) in [6.45, 7) is 0. The molecule has 2 aliphatic rings. The number of nitrogens with one attached hydrogen (secondary N) is 1. The molecule has 0 aliphatic heterocycles. The first-order chi connectivity index (χ1) is 10.3. The summed E-state index contributed by atoms with van der Waals surface area (Å²) in [7, 11) is 0. The molecule has 0 saturated carbocycles. The maximum atomic E-state index is 6.10. The van der Waals surface area contributed by atoms with Gasteiger partial charge in [0.15, 0.2) is 0 Å². The molecule has 2 unspecified atom stereocenters. The van der Waals surface area contributed by atoms with Crippen molar-refractivity contribution in [2.24, 2.45) is 0 Å². The van der Waals surface area contributed by atoms with Crippen LogP contribution in [0.1, 0.15) is 28.7 Å². The van der Waals surface area contributed by atoms with Gasteiger partial charge < -0.3 is 5.32 Å². The maximum Gasteiger partial charge on any atom is 0.0408 e. The van der Waals surface area contributed by atoms with Crippen LogP contribution in [0.4, 0.5) is 0 Å². The summed E-state index contributed by atoms with van der Waals surface area (Å²) in [5, 5.41) is 4.74. The van der Waals surface area contributed by atoms with E-state index in [2.05, 4.69) is 41.7 Å². The zero-order valence-electron chi connectivity index (χ0n) is 12.1. The van der Waals surface area contributed by atoms with Crippen LogP contribution < -0.4 is 5.32 Å². The van der Waals surface area contributed by atoms with Crippen molar-refractivity contribution >= 4 is 11.6 Å². The predicted octanol–water partition coefficient (Wildman–Crippen LogP) is 3.95. The molecule has 2 aromatic carbocycles. The highest BCUT2D eigenvalue weighted by Gasteiger charge is 2.25. The van der Waals surface area contributed by atoms with Crippen LogP contribution in [-0.2, 0) is 25.7 Å². The van der Waals surface area contributed by atoms with E-state index in [9.17, 15) is 0 Å². The van der Waals surface area contributed by atoms with E-state index in [0.29, 0.717) is 12.1 Å². The summed E-state index contributed by atoms with van der Waals surface area (Å²) >= 11 is 6.10. The zero-order chi connectivity index (χ0) is 14.2. The number of fused-ring (bicyclic) bond motifs is 2. The Hall–Kier alpha value is -1.31. The highest BCUT2D eigenvalue weighted by atomic mass is 35.5. The fourth-order valence-electron chi connectivity index (χ4n) is 3.88. The molecule has 0 saturated heterocycles. The molecular formula is C19H20ClN. The first-order valence-corrected chi connectivity index (χ1v) is 8.26. The van der Waals surface area contributed by atoms with Gasteiger partial charge in [-0.25, -0.2) is 0 Å². The van der Waals surface area contributed by atoms with Crippen LogP contribution in [0.5, 0.6) is 0 Å². The molecule has 108 valence electrons. The topological polar surface area (TPSA) is 12.0 Å². The monoisotopic (exact) mass is 297 g/mol. The Morgan fingerprint density at radius 2 is 1.52 bits per heavy atom. The summed E-state index contributed by atoms with van der Waals surface area (Å²) in [5.74, 6) is 0. The Kier molecular flexibility index (Phi) is 3.48. The van der Waals surface area contributed by atoms with E-state index < -0.39 is 0 Å². The van der Waals surface area contributed by atoms with Crippen molar-refractivity contribution in [1.29, 1.82) is 0 Å². The van der Waals surface area contributed by atoms with Gasteiger partial charge in [-0.15, -0.1) is 0 Å². The molecule has 1 nitrogen and oxygen atoms in total. The van der Waals surface area contributed by atoms with Crippen LogP contribution in [-0.4, -0.2) is 12.1 Å². The van der Waals surface area contributed by atoms with Crippen molar-refractivity contribution in [2.75, 3.05) is 0 Å². The molecular weight excluding hydrogens is 278 g/mol. The van der Waals surface area contributed by atoms with Crippen LogP contribution in [0.2, 0.25) is 5.02 Å². The fraction of sp³-hybridized carbons (Fsp3) is 0.368. The molecule has 2 aromatic rings. The molecule has 0 aromatic heterocycles. The van der Waals surface area contributed by atoms with Gasteiger partial charge in [0, 0.05) is 17.1 Å². The quantitative estimate of drug-likeness (QED) is 0.885. The van der Waals surface area contributed by atoms with E-state index in [0.717, 1.165) is 17.9 Å². The molecule has 21 heavy (non-hydrogen) atoms. The van der Waals surface area contributed by atoms with Crippen LogP contribution in [0.25, 0.3) is 0 Å². The fourth-order valence-corrected chi connectivity index (χ4v) is 4.07. The Morgan fingerprint density at radius 3 is 2.43 bits per heavy atom. The highest BCUT2D eigenvalue weighted by molar-refractivity contribution is 6.30. The summed E-state index contributed by atoms with van der Waals surface area (Å²) in [6, 6.07) is 16.4. The predicted molar refractivity (Wildman–Crippen MR) is 88.0 cm³/mol. The van der Waals surface area contributed by atoms with Crippen molar-refractivity contribution in [2.45, 2.75) is 44.2 Å². The molecule has 2 heteroatoms. The first kappa shape index (κ1) is 13.4. The average molecular weight is 298 g/mol. The Bertz CT molecular complexity index is 664. The normalized spacial score (nSPS) is 23.7. The highest BCUT2D eigenvalue weighted by Crippen LogP contribution is 2.27. The average Bonchev–Trinajstić information content (AvgIpc) is 2.88. The largest absolute Gasteiger partial charge is 0.310 e. The van der Waals surface area contributed by atoms with Crippen molar-refractivity contribution in [1.82, 2.24) is 5.32 Å². The number of benzene rings is 2. The molecule has 0 amide bonds. The molecule has 4 rings (SSSR count). The number of halogens is 1. The van der Waals surface area contributed by atoms with E-state index in [1.165, 1.54) is 41.5 Å². The second-order valence-corrected chi connectivity index (χ2v) is 6.83. The van der Waals surface area contributed by atoms with Gasteiger partial charge in [-0.2, -0.15) is 0 Å². The third-order valence-corrected chi connectivity index (χ3v) is 5.15. The van der Waals surface area contributed by atoms with Crippen molar-refractivity contribution < 1.29 is 0 Å². The summed E-state index contributed by atoms with van der Waals surface area (Å²) in [4.78, 5) is 0. The molecule has 0 heterocycles. The summed E-state index contributed by atoms with van der Waals surface area (Å²) in [5.41, 5.74) is 5.96. The standard InChI is InChI=1S/C19H20ClN/c20-17-7-5-15-11-19(12-16(15)9-17)21-18-8-6-13-3-1-2-4-14(13)10-18/h1-5,7,9,18-19,21H,6,8,10-12H2. The smallest absolute Gasteiger partial charge is 0.0408 e. The van der Waals surface area contributed by atoms with Crippen LogP contribution >= 0.6 is 11.6 Å². The number of hydrogen-bond donors (Lipinski definition) is 1. The molecule has 0 radical (unpaired) electrons. The minimum absolute atomic E-state index is 0.578. The molecule has 1 N–H and O–H groups in total. The molecule has 0 fully saturated rings. The number of aryl methyl sites for hydroxylation is 1. The van der Waals surface area contributed by atoms with E-state index in [1.807, 2.05) is 6.07 Å². The minimum Gasteiger partial charge on any atom is -0.310 e. The van der Waals surface area contributed by atoms with Gasteiger partial charge >= 0.3 is 0 Å². The number of rotatable bonds is 2. The lowest BCUT2D eigenvalue weighted by atomic mass is 9.88. The lowest BCUT2D eigenvalue weighted by molar-refractivity contribution is 0.399. The van der Waals surface area contributed by atoms with Gasteiger partial charge in [0.1, 0.15) is 0 Å². The molecule has 0 spiro atoms. The van der Waals surface area contributed by atoms with Crippen molar-refractivity contribution in [3.05, 3.63) is 69.7 Å². The van der Waals surface area contributed by atoms with E-state index in [1.54, 1.807) is 0 Å². The maximum absolute atomic E-state index is 6.10. The lowest BCUT2D eigenvalue weighted by Crippen LogP contribution is -2.42. The Morgan fingerprint density at radius 1 is 0.810 bits per heavy atom. The van der Waals surface area contributed by atoms with E-state index in [4.69, 9.17) is 11.6 Å². The van der Waals surface area contributed by atoms with Crippen LogP contribution in [0.3, 0.4) is 0 Å². The number of hydrogen-bond acceptors (Lipinski definition) is 1. The molecule has 2 atom stereocenters. The van der Waals surface area contributed by atoms with Crippen molar-refractivity contribution in [3.63, 3.8) is 0 Å². The molecule has 2 aliphatic carbocycles. The summed E-state index contributed by atoms with van der Waals surface area (Å²) in [6.07, 6.45) is 5.90. The Labute approximate surface area is 131 Å². The van der Waals surface area contributed by atoms with Gasteiger partial charge in [0.05, 0.1) is 0 Å². The van der Waals surface area contributed by atoms with E-state index >= 15 is 0 Å². The Balaban J connectivity index is 1.43. The van der Waals surface area contributed by atoms with Gasteiger partial charge in [-0.1, -0.05) is 41.9 Å². The van der Waals surface area contributed by atoms with Crippen molar-refractivity contribution in [3.8, 4) is 0 Å². The van der Waals surface area contributed by atoms with E-state index in [-0.39, 0.29) is 0 Å². The molecule has 0 bridgehead atoms. The van der Waals surface area contributed by atoms with Crippen LogP contribution in [0, 0.1) is 0 Å². The van der Waals surface area contributed by atoms with Crippen LogP contribution in [0.15, 0.2) is 42.5 Å². The minimum atomic E-state index is 0.578.